The largest absolute Gasteiger partial charge is 0.467 e. The summed E-state index contributed by atoms with van der Waals surface area (Å²) in [7, 11) is 1.27. The molecule has 134 valence electrons. The predicted molar refractivity (Wildman–Crippen MR) is 89.9 cm³/mol. The molecule has 0 aromatic heterocycles. The molecule has 0 spiro atoms. The van der Waals surface area contributed by atoms with E-state index in [-0.39, 0.29) is 24.1 Å². The standard InChI is InChI=1S/C18H22N2O5/c1-12(18(24)25-2)19-15(21)10-4-3-7-11-20-16(22)13-8-5-6-9-14(13)17(20)23/h5-6,8-9,12H,3-4,7,10-11H2,1-2H3,(H,19,21). The van der Waals surface area contributed by atoms with Crippen LogP contribution in [0.25, 0.3) is 0 Å². The zero-order valence-corrected chi connectivity index (χ0v) is 14.4. The molecule has 0 fully saturated rings. The zero-order chi connectivity index (χ0) is 18.4. The van der Waals surface area contributed by atoms with Crippen LogP contribution < -0.4 is 5.32 Å². The van der Waals surface area contributed by atoms with Gasteiger partial charge in [-0.3, -0.25) is 19.3 Å². The fraction of sp³-hybridized carbons (Fsp3) is 0.444. The van der Waals surface area contributed by atoms with Crippen LogP contribution in [0.3, 0.4) is 0 Å². The quantitative estimate of drug-likeness (QED) is 0.438. The molecular weight excluding hydrogens is 324 g/mol. The topological polar surface area (TPSA) is 92.8 Å². The number of nitrogens with zero attached hydrogens (tertiary/aromatic N) is 1. The third-order valence-electron chi connectivity index (χ3n) is 4.10. The number of unbranched alkanes of at least 4 members (excludes halogenated alkanes) is 2. The number of carbonyl (C=O) groups is 4. The highest BCUT2D eigenvalue weighted by Crippen LogP contribution is 2.22. The molecule has 1 unspecified atom stereocenters. The maximum atomic E-state index is 12.2. The minimum atomic E-state index is -0.671. The molecule has 1 N–H and O–H groups in total. The predicted octanol–water partition coefficient (Wildman–Crippen LogP) is 1.52. The van der Waals surface area contributed by atoms with Gasteiger partial charge in [-0.25, -0.2) is 4.79 Å². The molecule has 0 radical (unpaired) electrons. The lowest BCUT2D eigenvalue weighted by atomic mass is 10.1. The molecule has 1 aromatic rings. The summed E-state index contributed by atoms with van der Waals surface area (Å²) in [6.45, 7) is 1.90. The number of imide groups is 1. The van der Waals surface area contributed by atoms with Gasteiger partial charge in [-0.05, 0) is 31.9 Å². The molecule has 0 saturated carbocycles. The van der Waals surface area contributed by atoms with Crippen molar-refractivity contribution in [3.05, 3.63) is 35.4 Å². The molecule has 0 saturated heterocycles. The first-order valence-electron chi connectivity index (χ1n) is 8.28. The van der Waals surface area contributed by atoms with E-state index in [4.69, 9.17) is 0 Å². The van der Waals surface area contributed by atoms with Crippen molar-refractivity contribution in [1.82, 2.24) is 10.2 Å². The Bertz CT molecular complexity index is 651. The maximum Gasteiger partial charge on any atom is 0.328 e. The number of fused-ring (bicyclic) bond motifs is 1. The van der Waals surface area contributed by atoms with Gasteiger partial charge in [0.05, 0.1) is 18.2 Å². The lowest BCUT2D eigenvalue weighted by Crippen LogP contribution is -2.39. The van der Waals surface area contributed by atoms with Crippen LogP contribution in [0.1, 0.15) is 53.3 Å². The van der Waals surface area contributed by atoms with Crippen LogP contribution in [-0.2, 0) is 14.3 Å². The minimum Gasteiger partial charge on any atom is -0.467 e. The lowest BCUT2D eigenvalue weighted by molar-refractivity contribution is -0.144. The Morgan fingerprint density at radius 3 is 2.24 bits per heavy atom. The van der Waals surface area contributed by atoms with Gasteiger partial charge < -0.3 is 10.1 Å². The van der Waals surface area contributed by atoms with E-state index >= 15 is 0 Å². The number of nitrogens with one attached hydrogen (secondary N) is 1. The monoisotopic (exact) mass is 346 g/mol. The van der Waals surface area contributed by atoms with Crippen molar-refractivity contribution in [3.63, 3.8) is 0 Å². The molecule has 1 aliphatic rings. The average Bonchev–Trinajstić information content (AvgIpc) is 2.85. The van der Waals surface area contributed by atoms with E-state index in [0.29, 0.717) is 36.9 Å². The Labute approximate surface area is 146 Å². The van der Waals surface area contributed by atoms with Gasteiger partial charge in [-0.1, -0.05) is 18.6 Å². The van der Waals surface area contributed by atoms with E-state index in [9.17, 15) is 19.2 Å². The highest BCUT2D eigenvalue weighted by atomic mass is 16.5. The van der Waals surface area contributed by atoms with Crippen LogP contribution >= 0.6 is 0 Å². The summed E-state index contributed by atoms with van der Waals surface area (Å²) in [4.78, 5) is 48.6. The smallest absolute Gasteiger partial charge is 0.328 e. The van der Waals surface area contributed by atoms with Gasteiger partial charge in [-0.2, -0.15) is 0 Å². The number of hydrogen-bond acceptors (Lipinski definition) is 5. The number of carbonyl (C=O) groups excluding carboxylic acids is 4. The maximum absolute atomic E-state index is 12.2. The van der Waals surface area contributed by atoms with Crippen molar-refractivity contribution in [2.45, 2.75) is 38.6 Å². The first-order chi connectivity index (χ1) is 12.0. The first kappa shape index (κ1) is 18.6. The highest BCUT2D eigenvalue weighted by molar-refractivity contribution is 6.21. The average molecular weight is 346 g/mol. The van der Waals surface area contributed by atoms with Crippen molar-refractivity contribution in [1.29, 1.82) is 0 Å². The van der Waals surface area contributed by atoms with Crippen LogP contribution in [-0.4, -0.2) is 48.3 Å². The van der Waals surface area contributed by atoms with Crippen molar-refractivity contribution in [2.75, 3.05) is 13.7 Å². The molecular formula is C18H22N2O5. The van der Waals surface area contributed by atoms with Crippen LogP contribution in [0.2, 0.25) is 0 Å². The summed E-state index contributed by atoms with van der Waals surface area (Å²) in [5.41, 5.74) is 0.896. The van der Waals surface area contributed by atoms with Crippen LogP contribution in [0.15, 0.2) is 24.3 Å². The molecule has 0 bridgehead atoms. The molecule has 1 atom stereocenters. The minimum absolute atomic E-state index is 0.223. The van der Waals surface area contributed by atoms with Gasteiger partial charge in [0.25, 0.3) is 11.8 Å². The van der Waals surface area contributed by atoms with Gasteiger partial charge in [0.2, 0.25) is 5.91 Å². The second-order valence-electron chi connectivity index (χ2n) is 5.93. The number of esters is 1. The summed E-state index contributed by atoms with van der Waals surface area (Å²) in [5, 5.41) is 2.56. The molecule has 7 heteroatoms. The third-order valence-corrected chi connectivity index (χ3v) is 4.10. The fourth-order valence-corrected chi connectivity index (χ4v) is 2.72. The van der Waals surface area contributed by atoms with Gasteiger partial charge in [0.1, 0.15) is 6.04 Å². The van der Waals surface area contributed by atoms with E-state index in [0.717, 1.165) is 0 Å². The summed E-state index contributed by atoms with van der Waals surface area (Å²) in [6, 6.07) is 6.11. The summed E-state index contributed by atoms with van der Waals surface area (Å²) in [5.74, 6) is -1.23. The summed E-state index contributed by atoms with van der Waals surface area (Å²) in [6.07, 6.45) is 2.23. The molecule has 3 amide bonds. The van der Waals surface area contributed by atoms with Crippen molar-refractivity contribution in [2.24, 2.45) is 0 Å². The van der Waals surface area contributed by atoms with Gasteiger partial charge >= 0.3 is 5.97 Å². The number of ether oxygens (including phenoxy) is 1. The van der Waals surface area contributed by atoms with E-state index in [1.54, 1.807) is 31.2 Å². The first-order valence-corrected chi connectivity index (χ1v) is 8.28. The fourth-order valence-electron chi connectivity index (χ4n) is 2.72. The van der Waals surface area contributed by atoms with Crippen LogP contribution in [0.4, 0.5) is 0 Å². The van der Waals surface area contributed by atoms with Crippen molar-refractivity contribution in [3.8, 4) is 0 Å². The highest BCUT2D eigenvalue weighted by Gasteiger charge is 2.34. The molecule has 1 aliphatic heterocycles. The number of methoxy groups -OCH3 is 1. The number of rotatable bonds is 8. The Balaban J connectivity index is 1.69. The van der Waals surface area contributed by atoms with Gasteiger partial charge in [0.15, 0.2) is 0 Å². The second kappa shape index (κ2) is 8.41. The van der Waals surface area contributed by atoms with Gasteiger partial charge in [0, 0.05) is 13.0 Å². The number of amides is 3. The Morgan fingerprint density at radius 1 is 1.08 bits per heavy atom. The molecule has 2 rings (SSSR count). The number of hydrogen-bond donors (Lipinski definition) is 1. The zero-order valence-electron chi connectivity index (χ0n) is 14.4. The normalized spacial score (nSPS) is 14.2. The van der Waals surface area contributed by atoms with E-state index in [1.807, 2.05) is 0 Å². The Hall–Kier alpha value is -2.70. The molecule has 1 aromatic carbocycles. The molecule has 7 nitrogen and oxygen atoms in total. The Morgan fingerprint density at radius 2 is 1.68 bits per heavy atom. The summed E-state index contributed by atoms with van der Waals surface area (Å²) < 4.78 is 4.54. The van der Waals surface area contributed by atoms with Crippen molar-refractivity contribution < 1.29 is 23.9 Å². The second-order valence-corrected chi connectivity index (χ2v) is 5.93. The molecule has 0 aliphatic carbocycles. The number of benzene rings is 1. The van der Waals surface area contributed by atoms with E-state index in [1.165, 1.54) is 12.0 Å². The lowest BCUT2D eigenvalue weighted by Gasteiger charge is -2.14. The SMILES string of the molecule is COC(=O)C(C)NC(=O)CCCCCN1C(=O)c2ccccc2C1=O. The molecule has 1 heterocycles. The summed E-state index contributed by atoms with van der Waals surface area (Å²) >= 11 is 0. The Kier molecular flexibility index (Phi) is 6.27. The van der Waals surface area contributed by atoms with Crippen LogP contribution in [0.5, 0.6) is 0 Å². The van der Waals surface area contributed by atoms with Crippen LogP contribution in [0, 0.1) is 0 Å². The van der Waals surface area contributed by atoms with Gasteiger partial charge in [-0.15, -0.1) is 0 Å². The third kappa shape index (κ3) is 4.43. The van der Waals surface area contributed by atoms with E-state index < -0.39 is 12.0 Å². The molecule has 25 heavy (non-hydrogen) atoms. The van der Waals surface area contributed by atoms with E-state index in [2.05, 4.69) is 10.1 Å². The van der Waals surface area contributed by atoms with Crippen molar-refractivity contribution >= 4 is 23.7 Å².